The molecule has 0 aromatic heterocycles. The Labute approximate surface area is 192 Å². The smallest absolute Gasteiger partial charge is 0.243 e. The van der Waals surface area contributed by atoms with Crippen molar-refractivity contribution in [2.24, 2.45) is 5.92 Å². The third-order valence-electron chi connectivity index (χ3n) is 5.90. The normalized spacial score (nSPS) is 19.6. The number of morpholine rings is 1. The van der Waals surface area contributed by atoms with Gasteiger partial charge in [-0.25, -0.2) is 12.8 Å². The monoisotopic (exact) mass is 475 g/mol. The number of benzene rings is 2. The Morgan fingerprint density at radius 1 is 1.06 bits per heavy atom. The first-order valence-electron chi connectivity index (χ1n) is 10.8. The van der Waals surface area contributed by atoms with Gasteiger partial charge in [-0.05, 0) is 48.4 Å². The number of carbonyl (C=O) groups excluding carboxylic acids is 2. The number of nitrogens with zero attached hydrogens (tertiary/aromatic N) is 2. The zero-order valence-electron chi connectivity index (χ0n) is 18.1. The van der Waals surface area contributed by atoms with Crippen LogP contribution >= 0.6 is 0 Å². The predicted molar refractivity (Wildman–Crippen MR) is 119 cm³/mol. The van der Waals surface area contributed by atoms with Gasteiger partial charge in [0.25, 0.3) is 0 Å². The number of halogens is 1. The van der Waals surface area contributed by atoms with Crippen LogP contribution in [-0.4, -0.2) is 68.8 Å². The van der Waals surface area contributed by atoms with Gasteiger partial charge in [-0.15, -0.1) is 0 Å². The van der Waals surface area contributed by atoms with E-state index < -0.39 is 15.9 Å². The molecular weight excluding hydrogens is 449 g/mol. The van der Waals surface area contributed by atoms with Crippen LogP contribution in [0.1, 0.15) is 12.0 Å². The highest BCUT2D eigenvalue weighted by atomic mass is 32.2. The minimum atomic E-state index is -3.60. The van der Waals surface area contributed by atoms with E-state index in [1.165, 1.54) is 28.6 Å². The van der Waals surface area contributed by atoms with Crippen molar-refractivity contribution in [1.29, 1.82) is 0 Å². The molecule has 2 aromatic rings. The number of anilines is 1. The van der Waals surface area contributed by atoms with Crippen molar-refractivity contribution in [3.05, 3.63) is 59.9 Å². The maximum atomic E-state index is 13.0. The Kier molecular flexibility index (Phi) is 7.06. The summed E-state index contributed by atoms with van der Waals surface area (Å²) in [4.78, 5) is 26.8. The van der Waals surface area contributed by atoms with Crippen LogP contribution in [-0.2, 0) is 30.8 Å². The van der Waals surface area contributed by atoms with Crippen LogP contribution < -0.4 is 5.32 Å². The molecular formula is C23H26FN3O5S. The van der Waals surface area contributed by atoms with Crippen molar-refractivity contribution < 1.29 is 27.1 Å². The fourth-order valence-corrected chi connectivity index (χ4v) is 5.38. The summed E-state index contributed by atoms with van der Waals surface area (Å²) in [6, 6.07) is 12.2. The Morgan fingerprint density at radius 2 is 1.73 bits per heavy atom. The van der Waals surface area contributed by atoms with E-state index in [2.05, 4.69) is 5.32 Å². The molecule has 33 heavy (non-hydrogen) atoms. The molecule has 2 fully saturated rings. The van der Waals surface area contributed by atoms with E-state index in [0.717, 1.165) is 5.56 Å². The average molecular weight is 476 g/mol. The number of ether oxygens (including phenoxy) is 1. The predicted octanol–water partition coefficient (Wildman–Crippen LogP) is 1.88. The highest BCUT2D eigenvalue weighted by Gasteiger charge is 2.34. The second-order valence-corrected chi connectivity index (χ2v) is 10.1. The molecule has 2 aliphatic rings. The molecule has 2 aromatic carbocycles. The average Bonchev–Trinajstić information content (AvgIpc) is 3.20. The van der Waals surface area contributed by atoms with E-state index in [1.807, 2.05) is 0 Å². The molecule has 0 spiro atoms. The molecule has 0 saturated carbocycles. The van der Waals surface area contributed by atoms with Gasteiger partial charge in [0.1, 0.15) is 5.82 Å². The van der Waals surface area contributed by atoms with Crippen molar-refractivity contribution in [2.75, 3.05) is 44.7 Å². The van der Waals surface area contributed by atoms with Gasteiger partial charge in [-0.2, -0.15) is 4.31 Å². The van der Waals surface area contributed by atoms with Gasteiger partial charge in [0.15, 0.2) is 0 Å². The first kappa shape index (κ1) is 23.3. The third kappa shape index (κ3) is 5.58. The summed E-state index contributed by atoms with van der Waals surface area (Å²) in [5, 5.41) is 2.78. The van der Waals surface area contributed by atoms with Crippen molar-refractivity contribution in [1.82, 2.24) is 9.21 Å². The van der Waals surface area contributed by atoms with Gasteiger partial charge in [-0.1, -0.05) is 12.1 Å². The highest BCUT2D eigenvalue weighted by molar-refractivity contribution is 7.89. The van der Waals surface area contributed by atoms with E-state index in [0.29, 0.717) is 51.5 Å². The lowest BCUT2D eigenvalue weighted by atomic mass is 10.1. The minimum Gasteiger partial charge on any atom is -0.379 e. The molecule has 8 nitrogen and oxygen atoms in total. The summed E-state index contributed by atoms with van der Waals surface area (Å²) < 4.78 is 45.0. The molecule has 2 heterocycles. The Bertz CT molecular complexity index is 1100. The summed E-state index contributed by atoms with van der Waals surface area (Å²) in [7, 11) is -3.60. The minimum absolute atomic E-state index is 0.0933. The van der Waals surface area contributed by atoms with Crippen LogP contribution in [0.5, 0.6) is 0 Å². The maximum Gasteiger partial charge on any atom is 0.243 e. The number of carbonyl (C=O) groups is 2. The molecule has 4 rings (SSSR count). The van der Waals surface area contributed by atoms with Gasteiger partial charge in [0, 0.05) is 38.3 Å². The summed E-state index contributed by atoms with van der Waals surface area (Å²) >= 11 is 0. The van der Waals surface area contributed by atoms with E-state index in [4.69, 9.17) is 4.74 Å². The molecule has 1 N–H and O–H groups in total. The summed E-state index contributed by atoms with van der Waals surface area (Å²) in [6.07, 6.45) is 0.707. The number of hydrogen-bond donors (Lipinski definition) is 1. The van der Waals surface area contributed by atoms with Crippen LogP contribution in [0.4, 0.5) is 10.1 Å². The van der Waals surface area contributed by atoms with Gasteiger partial charge in [0.05, 0.1) is 24.0 Å². The molecule has 1 atom stereocenters. The highest BCUT2D eigenvalue weighted by Crippen LogP contribution is 2.23. The second kappa shape index (κ2) is 9.98. The lowest BCUT2D eigenvalue weighted by molar-refractivity contribution is -0.128. The van der Waals surface area contributed by atoms with Crippen LogP contribution in [0.15, 0.2) is 53.4 Å². The van der Waals surface area contributed by atoms with E-state index in [-0.39, 0.29) is 28.9 Å². The van der Waals surface area contributed by atoms with Gasteiger partial charge in [0.2, 0.25) is 21.8 Å². The van der Waals surface area contributed by atoms with Gasteiger partial charge in [-0.3, -0.25) is 9.59 Å². The third-order valence-corrected chi connectivity index (χ3v) is 7.81. The van der Waals surface area contributed by atoms with Crippen LogP contribution in [0.3, 0.4) is 0 Å². The van der Waals surface area contributed by atoms with Crippen molar-refractivity contribution >= 4 is 27.5 Å². The van der Waals surface area contributed by atoms with E-state index in [9.17, 15) is 22.4 Å². The zero-order valence-corrected chi connectivity index (χ0v) is 18.9. The molecule has 0 radical (unpaired) electrons. The van der Waals surface area contributed by atoms with Crippen molar-refractivity contribution in [3.63, 3.8) is 0 Å². The number of amides is 2. The van der Waals surface area contributed by atoms with Crippen LogP contribution in [0.25, 0.3) is 0 Å². The largest absolute Gasteiger partial charge is 0.379 e. The zero-order chi connectivity index (χ0) is 23.4. The molecule has 0 aliphatic carbocycles. The lowest BCUT2D eigenvalue weighted by Gasteiger charge is -2.26. The number of rotatable bonds is 7. The Morgan fingerprint density at radius 3 is 2.39 bits per heavy atom. The molecule has 0 bridgehead atoms. The summed E-state index contributed by atoms with van der Waals surface area (Å²) in [6.45, 7) is 2.14. The fourth-order valence-electron chi connectivity index (χ4n) is 3.97. The van der Waals surface area contributed by atoms with E-state index >= 15 is 0 Å². The Hall–Kier alpha value is -2.82. The molecule has 10 heteroatoms. The summed E-state index contributed by atoms with van der Waals surface area (Å²) in [5.41, 5.74) is 1.39. The van der Waals surface area contributed by atoms with Crippen molar-refractivity contribution in [3.8, 4) is 0 Å². The van der Waals surface area contributed by atoms with Gasteiger partial charge >= 0.3 is 0 Å². The van der Waals surface area contributed by atoms with Crippen molar-refractivity contribution in [2.45, 2.75) is 17.7 Å². The molecule has 0 unspecified atom stereocenters. The first-order chi connectivity index (χ1) is 15.8. The molecule has 2 aliphatic heterocycles. The SMILES string of the molecule is O=C(Nc1ccc(S(=O)(=O)N2CCOCC2)cc1)[C@@H]1CC(=O)N(CCc2ccc(F)cc2)C1. The van der Waals surface area contributed by atoms with Gasteiger partial charge < -0.3 is 15.0 Å². The van der Waals surface area contributed by atoms with E-state index in [1.54, 1.807) is 29.2 Å². The topological polar surface area (TPSA) is 96.0 Å². The number of likely N-dealkylation sites (tertiary alicyclic amines) is 1. The van der Waals surface area contributed by atoms with Crippen LogP contribution in [0, 0.1) is 11.7 Å². The maximum absolute atomic E-state index is 13.0. The quantitative estimate of drug-likeness (QED) is 0.660. The number of nitrogens with one attached hydrogen (secondary N) is 1. The molecule has 2 amide bonds. The second-order valence-electron chi connectivity index (χ2n) is 8.15. The van der Waals surface area contributed by atoms with Crippen LogP contribution in [0.2, 0.25) is 0 Å². The fraction of sp³-hybridized carbons (Fsp3) is 0.391. The standard InChI is InChI=1S/C23H26FN3O5S/c24-19-3-1-17(2-4-19)9-10-26-16-18(15-22(26)28)23(29)25-20-5-7-21(8-6-20)33(30,31)27-11-13-32-14-12-27/h1-8,18H,9-16H2,(H,25,29)/t18-/m1/s1. The molecule has 2 saturated heterocycles. The number of hydrogen-bond acceptors (Lipinski definition) is 5. The lowest BCUT2D eigenvalue weighted by Crippen LogP contribution is -2.40. The molecule has 176 valence electrons. The summed E-state index contributed by atoms with van der Waals surface area (Å²) in [5.74, 6) is -1.16. The Balaban J connectivity index is 1.31. The number of sulfonamides is 1. The first-order valence-corrected chi connectivity index (χ1v) is 12.3.